The normalized spacial score (nSPS) is 11.3. The average Bonchev–Trinajstić information content (AvgIpc) is 3.18. The van der Waals surface area contributed by atoms with Crippen LogP contribution in [-0.4, -0.2) is 39.9 Å². The van der Waals surface area contributed by atoms with E-state index in [0.29, 0.717) is 18.0 Å². The van der Waals surface area contributed by atoms with Gasteiger partial charge < -0.3 is 19.1 Å². The Morgan fingerprint density at radius 1 is 1.04 bits per heavy atom. The molecule has 0 bridgehead atoms. The van der Waals surface area contributed by atoms with Crippen molar-refractivity contribution < 1.29 is 14.6 Å². The van der Waals surface area contributed by atoms with Crippen molar-refractivity contribution in [3.8, 4) is 22.8 Å². The topological polar surface area (TPSA) is 60.9 Å². The molecule has 1 N–H and O–H groups in total. The van der Waals surface area contributed by atoms with Crippen molar-refractivity contribution in [2.45, 2.75) is 6.54 Å². The molecule has 4 aromatic rings. The number of fused-ring (bicyclic) bond motifs is 3. The van der Waals surface area contributed by atoms with Crippen LogP contribution in [0.25, 0.3) is 28.1 Å². The first-order chi connectivity index (χ1) is 12.3. The molecule has 6 nitrogen and oxygen atoms in total. The summed E-state index contributed by atoms with van der Waals surface area (Å²) >= 11 is 0. The number of para-hydroxylation sites is 2. The van der Waals surface area contributed by atoms with Gasteiger partial charge >= 0.3 is 0 Å². The van der Waals surface area contributed by atoms with Gasteiger partial charge in [0.25, 0.3) is 0 Å². The standard InChI is InChI=1S/C19H19N3O3/c1-24-17-8-7-13(11-18(17)25-2)16-12-22-15-6-4-3-5-14(15)20-19(22)21(16)9-10-23/h3-8,11-12,23H,9-10H2,1-2H3. The van der Waals surface area contributed by atoms with Gasteiger partial charge in [0.05, 0.1) is 37.6 Å². The molecule has 128 valence electrons. The molecule has 0 amide bonds. The molecule has 6 heteroatoms. The second kappa shape index (κ2) is 6.14. The van der Waals surface area contributed by atoms with E-state index >= 15 is 0 Å². The van der Waals surface area contributed by atoms with Crippen molar-refractivity contribution in [3.63, 3.8) is 0 Å². The lowest BCUT2D eigenvalue weighted by Gasteiger charge is -2.11. The lowest BCUT2D eigenvalue weighted by atomic mass is 10.1. The number of imidazole rings is 2. The van der Waals surface area contributed by atoms with Crippen LogP contribution >= 0.6 is 0 Å². The molecule has 0 saturated carbocycles. The molecule has 0 fully saturated rings. The van der Waals surface area contributed by atoms with E-state index in [0.717, 1.165) is 28.1 Å². The average molecular weight is 337 g/mol. The van der Waals surface area contributed by atoms with Crippen molar-refractivity contribution >= 4 is 16.8 Å². The van der Waals surface area contributed by atoms with Gasteiger partial charge in [-0.1, -0.05) is 12.1 Å². The minimum atomic E-state index is 0.0356. The summed E-state index contributed by atoms with van der Waals surface area (Å²) in [7, 11) is 3.24. The summed E-state index contributed by atoms with van der Waals surface area (Å²) in [5.41, 5.74) is 3.91. The largest absolute Gasteiger partial charge is 0.493 e. The monoisotopic (exact) mass is 337 g/mol. The SMILES string of the molecule is COc1ccc(-c2cn3c4ccccc4nc3n2CCO)cc1OC. The molecule has 4 rings (SSSR count). The van der Waals surface area contributed by atoms with Crippen LogP contribution in [0, 0.1) is 0 Å². The number of aromatic nitrogens is 3. The summed E-state index contributed by atoms with van der Waals surface area (Å²) in [5.74, 6) is 2.15. The summed E-state index contributed by atoms with van der Waals surface area (Å²) in [5, 5.41) is 9.52. The van der Waals surface area contributed by atoms with E-state index in [2.05, 4.69) is 4.40 Å². The predicted octanol–water partition coefficient (Wildman–Crippen LogP) is 2.97. The van der Waals surface area contributed by atoms with Gasteiger partial charge in [-0.05, 0) is 30.3 Å². The van der Waals surface area contributed by atoms with E-state index in [9.17, 15) is 5.11 Å². The highest BCUT2D eigenvalue weighted by Gasteiger charge is 2.16. The lowest BCUT2D eigenvalue weighted by molar-refractivity contribution is 0.278. The van der Waals surface area contributed by atoms with Gasteiger partial charge in [0.2, 0.25) is 5.78 Å². The number of benzene rings is 2. The van der Waals surface area contributed by atoms with Crippen LogP contribution in [0.1, 0.15) is 0 Å². The van der Waals surface area contributed by atoms with Crippen molar-refractivity contribution in [2.75, 3.05) is 20.8 Å². The summed E-state index contributed by atoms with van der Waals surface area (Å²) in [6.45, 7) is 0.497. The molecule has 2 aromatic carbocycles. The molecule has 2 aromatic heterocycles. The second-order valence-electron chi connectivity index (χ2n) is 5.73. The molecule has 0 aliphatic carbocycles. The fourth-order valence-corrected chi connectivity index (χ4v) is 3.20. The van der Waals surface area contributed by atoms with E-state index in [1.807, 2.05) is 53.2 Å². The molecule has 0 atom stereocenters. The second-order valence-corrected chi connectivity index (χ2v) is 5.73. The van der Waals surface area contributed by atoms with Gasteiger partial charge in [0.1, 0.15) is 0 Å². The van der Waals surface area contributed by atoms with E-state index < -0.39 is 0 Å². The maximum atomic E-state index is 9.52. The van der Waals surface area contributed by atoms with Gasteiger partial charge in [-0.15, -0.1) is 0 Å². The molecule has 2 heterocycles. The first kappa shape index (κ1) is 15.5. The zero-order chi connectivity index (χ0) is 17.4. The number of ether oxygens (including phenoxy) is 2. The number of hydrogen-bond acceptors (Lipinski definition) is 4. The van der Waals surface area contributed by atoms with E-state index in [1.54, 1.807) is 14.2 Å². The first-order valence-corrected chi connectivity index (χ1v) is 8.06. The Morgan fingerprint density at radius 3 is 2.60 bits per heavy atom. The molecule has 0 aliphatic rings. The first-order valence-electron chi connectivity index (χ1n) is 8.06. The quantitative estimate of drug-likeness (QED) is 0.608. The maximum Gasteiger partial charge on any atom is 0.215 e. The Kier molecular flexibility index (Phi) is 3.82. The zero-order valence-corrected chi connectivity index (χ0v) is 14.1. The Hall–Kier alpha value is -2.99. The minimum Gasteiger partial charge on any atom is -0.493 e. The van der Waals surface area contributed by atoms with Crippen molar-refractivity contribution in [1.29, 1.82) is 0 Å². The van der Waals surface area contributed by atoms with Crippen LogP contribution in [0.4, 0.5) is 0 Å². The lowest BCUT2D eigenvalue weighted by Crippen LogP contribution is -2.04. The van der Waals surface area contributed by atoms with Crippen LogP contribution in [0.5, 0.6) is 11.5 Å². The number of rotatable bonds is 5. The van der Waals surface area contributed by atoms with Gasteiger partial charge in [-0.3, -0.25) is 4.40 Å². The Labute approximate surface area is 144 Å². The highest BCUT2D eigenvalue weighted by atomic mass is 16.5. The highest BCUT2D eigenvalue weighted by Crippen LogP contribution is 2.34. The van der Waals surface area contributed by atoms with Gasteiger partial charge in [0.15, 0.2) is 11.5 Å². The summed E-state index contributed by atoms with van der Waals surface area (Å²) < 4.78 is 14.8. The Morgan fingerprint density at radius 2 is 1.84 bits per heavy atom. The summed E-state index contributed by atoms with van der Waals surface area (Å²) in [4.78, 5) is 4.72. The van der Waals surface area contributed by atoms with Crippen molar-refractivity contribution in [2.24, 2.45) is 0 Å². The van der Waals surface area contributed by atoms with Crippen LogP contribution in [0.2, 0.25) is 0 Å². The number of aliphatic hydroxyl groups excluding tert-OH is 1. The van der Waals surface area contributed by atoms with Crippen LogP contribution in [-0.2, 0) is 6.54 Å². The Bertz CT molecular complexity index is 1050. The molecule has 0 saturated heterocycles. The third kappa shape index (κ3) is 2.42. The smallest absolute Gasteiger partial charge is 0.215 e. The van der Waals surface area contributed by atoms with Crippen LogP contribution in [0.3, 0.4) is 0 Å². The fourth-order valence-electron chi connectivity index (χ4n) is 3.20. The summed E-state index contributed by atoms with van der Waals surface area (Å²) in [6, 6.07) is 13.8. The number of aliphatic hydroxyl groups is 1. The van der Waals surface area contributed by atoms with Crippen molar-refractivity contribution in [1.82, 2.24) is 14.0 Å². The predicted molar refractivity (Wildman–Crippen MR) is 96.3 cm³/mol. The number of methoxy groups -OCH3 is 2. The third-order valence-corrected chi connectivity index (χ3v) is 4.36. The molecular formula is C19H19N3O3. The van der Waals surface area contributed by atoms with E-state index in [1.165, 1.54) is 0 Å². The molecule has 0 aliphatic heterocycles. The van der Waals surface area contributed by atoms with Crippen LogP contribution < -0.4 is 9.47 Å². The Balaban J connectivity index is 1.96. The van der Waals surface area contributed by atoms with Gasteiger partial charge in [-0.2, -0.15) is 0 Å². The molecule has 0 unspecified atom stereocenters. The third-order valence-electron chi connectivity index (χ3n) is 4.36. The number of hydrogen-bond donors (Lipinski definition) is 1. The summed E-state index contributed by atoms with van der Waals surface area (Å²) in [6.07, 6.45) is 2.04. The van der Waals surface area contributed by atoms with Crippen molar-refractivity contribution in [3.05, 3.63) is 48.7 Å². The fraction of sp³-hybridized carbons (Fsp3) is 0.211. The molecule has 25 heavy (non-hydrogen) atoms. The van der Waals surface area contributed by atoms with Gasteiger partial charge in [-0.25, -0.2) is 4.98 Å². The maximum absolute atomic E-state index is 9.52. The number of nitrogens with zero attached hydrogens (tertiary/aromatic N) is 3. The van der Waals surface area contributed by atoms with Gasteiger partial charge in [0, 0.05) is 18.3 Å². The molecular weight excluding hydrogens is 318 g/mol. The highest BCUT2D eigenvalue weighted by molar-refractivity contribution is 5.81. The molecule has 0 spiro atoms. The van der Waals surface area contributed by atoms with E-state index in [4.69, 9.17) is 14.5 Å². The zero-order valence-electron chi connectivity index (χ0n) is 14.1. The molecule has 0 radical (unpaired) electrons. The van der Waals surface area contributed by atoms with Crippen LogP contribution in [0.15, 0.2) is 48.7 Å². The van der Waals surface area contributed by atoms with E-state index in [-0.39, 0.29) is 6.61 Å². The minimum absolute atomic E-state index is 0.0356.